The van der Waals surface area contributed by atoms with Crippen molar-refractivity contribution in [1.29, 1.82) is 0 Å². The van der Waals surface area contributed by atoms with Gasteiger partial charge in [-0.2, -0.15) is 0 Å². The fourth-order valence-corrected chi connectivity index (χ4v) is 8.21. The number of hydrogen-bond acceptors (Lipinski definition) is 10. The lowest BCUT2D eigenvalue weighted by Crippen LogP contribution is -2.63. The molecule has 0 radical (unpaired) electrons. The van der Waals surface area contributed by atoms with Gasteiger partial charge in [0.2, 0.25) is 0 Å². The number of rotatable bonds is 8. The molecule has 0 aliphatic carbocycles. The number of benzene rings is 3. The summed E-state index contributed by atoms with van der Waals surface area (Å²) >= 11 is 0. The molecule has 0 atom stereocenters. The minimum atomic E-state index is -4.16. The van der Waals surface area contributed by atoms with E-state index < -0.39 is 26.1 Å². The second kappa shape index (κ2) is 14.0. The number of non-ortho nitro benzene ring substituents is 1. The van der Waals surface area contributed by atoms with Crippen molar-refractivity contribution < 1.29 is 27.6 Å². The summed E-state index contributed by atoms with van der Waals surface area (Å²) in [6, 6.07) is 20.0. The van der Waals surface area contributed by atoms with E-state index in [-0.39, 0.29) is 27.9 Å². The van der Waals surface area contributed by atoms with Crippen molar-refractivity contribution in [3.63, 3.8) is 0 Å². The van der Waals surface area contributed by atoms with Crippen molar-refractivity contribution in [2.75, 3.05) is 44.2 Å². The van der Waals surface area contributed by atoms with E-state index >= 15 is 0 Å². The van der Waals surface area contributed by atoms with E-state index in [1.165, 1.54) is 60.4 Å². The van der Waals surface area contributed by atoms with Crippen molar-refractivity contribution in [3.8, 4) is 22.6 Å². The Labute approximate surface area is 312 Å². The van der Waals surface area contributed by atoms with Gasteiger partial charge in [-0.25, -0.2) is 17.2 Å². The van der Waals surface area contributed by atoms with Crippen LogP contribution in [0.25, 0.3) is 22.0 Å². The number of ether oxygens (including phenoxy) is 2. The fraction of sp³-hybridized carbons (Fsp3) is 0.333. The zero-order chi connectivity index (χ0) is 38.5. The molecule has 0 unspecified atom stereocenters. The summed E-state index contributed by atoms with van der Waals surface area (Å²) in [4.78, 5) is 43.9. The Morgan fingerprint density at radius 2 is 1.63 bits per heavy atom. The molecule has 4 heterocycles. The van der Waals surface area contributed by atoms with E-state index in [0.29, 0.717) is 41.4 Å². The molecule has 0 N–H and O–H groups in total. The zero-order valence-electron chi connectivity index (χ0n) is 30.8. The van der Waals surface area contributed by atoms with E-state index in [1.54, 1.807) is 23.1 Å². The largest absolute Gasteiger partial charge is 0.457 e. The van der Waals surface area contributed by atoms with Gasteiger partial charge in [0.25, 0.3) is 21.3 Å². The minimum Gasteiger partial charge on any atom is -0.457 e. The second-order valence-electron chi connectivity index (χ2n) is 14.7. The number of nitrogens with zero attached hydrogens (tertiary/aromatic N) is 6. The van der Waals surface area contributed by atoms with E-state index in [4.69, 9.17) is 9.47 Å². The van der Waals surface area contributed by atoms with E-state index in [1.807, 2.05) is 45.9 Å². The molecule has 282 valence electrons. The van der Waals surface area contributed by atoms with Crippen LogP contribution in [-0.4, -0.2) is 88.7 Å². The number of anilines is 1. The topological polar surface area (TPSA) is 149 Å². The molecule has 2 aromatic heterocycles. The van der Waals surface area contributed by atoms with E-state index in [9.17, 15) is 28.1 Å². The average Bonchev–Trinajstić information content (AvgIpc) is 3.56. The van der Waals surface area contributed by atoms with Gasteiger partial charge in [0, 0.05) is 105 Å². The van der Waals surface area contributed by atoms with Gasteiger partial charge in [-0.3, -0.25) is 19.8 Å². The summed E-state index contributed by atoms with van der Waals surface area (Å²) < 4.78 is 41.7. The Hall–Kier alpha value is -5.67. The van der Waals surface area contributed by atoms with Crippen LogP contribution >= 0.6 is 0 Å². The lowest BCUT2D eigenvalue weighted by Gasteiger charge is -2.49. The smallest absolute Gasteiger partial charge is 0.410 e. The van der Waals surface area contributed by atoms with Crippen LogP contribution in [0, 0.1) is 17.0 Å². The van der Waals surface area contributed by atoms with Crippen LogP contribution < -0.4 is 15.2 Å². The Bertz CT molecular complexity index is 2420. The highest BCUT2D eigenvalue weighted by atomic mass is 32.2. The van der Waals surface area contributed by atoms with E-state index in [0.717, 1.165) is 41.4 Å². The first-order chi connectivity index (χ1) is 25.6. The molecule has 2 aliphatic rings. The lowest BCUT2D eigenvalue weighted by atomic mass is 10.0. The number of fused-ring (bicyclic) bond motifs is 1. The quantitative estimate of drug-likeness (QED) is 0.137. The molecule has 3 aromatic carbocycles. The Morgan fingerprint density at radius 1 is 0.926 bits per heavy atom. The van der Waals surface area contributed by atoms with Gasteiger partial charge in [-0.15, -0.1) is 0 Å². The van der Waals surface area contributed by atoms with Crippen molar-refractivity contribution in [1.82, 2.24) is 18.3 Å². The molecule has 0 saturated carbocycles. The summed E-state index contributed by atoms with van der Waals surface area (Å²) in [5.74, 6) is 0.786. The third-order valence-electron chi connectivity index (χ3n) is 9.79. The first kappa shape index (κ1) is 36.7. The Kier molecular flexibility index (Phi) is 9.48. The van der Waals surface area contributed by atoms with E-state index in [2.05, 4.69) is 9.80 Å². The standard InChI is InChI=1S/C39H42N6O8S/c1-26-9-12-31(13-10-26)54(50,51)44-16-15-32-34(25-40(5)37(46)36(32)44)33-22-28(45(48)49)11-14-35(33)52-30-8-6-7-27(21-30)43-23-29(24-43)41-17-19-42(20-18-41)38(47)53-39(2,3)4/h6-16,21-22,25,29H,17-20,23-24H2,1-5H3. The molecule has 0 spiro atoms. The maximum atomic E-state index is 13.8. The van der Waals surface area contributed by atoms with Gasteiger partial charge >= 0.3 is 6.09 Å². The third kappa shape index (κ3) is 7.16. The van der Waals surface area contributed by atoms with Gasteiger partial charge in [-0.1, -0.05) is 23.8 Å². The molecule has 2 aliphatic heterocycles. The monoisotopic (exact) mass is 754 g/mol. The van der Waals surface area contributed by atoms with Gasteiger partial charge < -0.3 is 23.8 Å². The zero-order valence-corrected chi connectivity index (χ0v) is 31.6. The number of nitro groups is 1. The normalized spacial score (nSPS) is 15.6. The number of hydrogen-bond donors (Lipinski definition) is 0. The number of aromatic nitrogens is 2. The first-order valence-corrected chi connectivity index (χ1v) is 19.1. The van der Waals surface area contributed by atoms with Crippen molar-refractivity contribution in [3.05, 3.63) is 111 Å². The number of aryl methyl sites for hydroxylation is 2. The Morgan fingerprint density at radius 3 is 2.30 bits per heavy atom. The van der Waals surface area contributed by atoms with Crippen molar-refractivity contribution in [2.24, 2.45) is 7.05 Å². The Balaban J connectivity index is 1.14. The molecule has 2 fully saturated rings. The number of piperazine rings is 1. The third-order valence-corrected chi connectivity index (χ3v) is 11.5. The van der Waals surface area contributed by atoms with Crippen molar-refractivity contribution in [2.45, 2.75) is 44.2 Å². The highest BCUT2D eigenvalue weighted by Crippen LogP contribution is 2.40. The summed E-state index contributed by atoms with van der Waals surface area (Å²) in [6.07, 6.45) is 2.58. The molecule has 1 amide bonds. The maximum absolute atomic E-state index is 13.8. The van der Waals surface area contributed by atoms with Crippen LogP contribution in [0.15, 0.2) is 94.9 Å². The summed E-state index contributed by atoms with van der Waals surface area (Å²) in [5.41, 5.74) is 1.17. The summed E-state index contributed by atoms with van der Waals surface area (Å²) in [5, 5.41) is 12.2. The molecule has 7 rings (SSSR count). The molecular formula is C39H42N6O8S. The minimum absolute atomic E-state index is 0.0200. The predicted octanol–water partition coefficient (Wildman–Crippen LogP) is 5.99. The second-order valence-corrected chi connectivity index (χ2v) is 16.6. The van der Waals surface area contributed by atoms with Crippen LogP contribution in [0.1, 0.15) is 26.3 Å². The number of carbonyl (C=O) groups excluding carboxylic acids is 1. The fourth-order valence-electron chi connectivity index (χ4n) is 6.86. The maximum Gasteiger partial charge on any atom is 0.410 e. The molecule has 14 nitrogen and oxygen atoms in total. The van der Waals surface area contributed by atoms with Crippen LogP contribution in [-0.2, 0) is 21.8 Å². The molecule has 15 heteroatoms. The summed E-state index contributed by atoms with van der Waals surface area (Å²) in [6.45, 7) is 11.8. The summed E-state index contributed by atoms with van der Waals surface area (Å²) in [7, 11) is -2.65. The van der Waals surface area contributed by atoms with Gasteiger partial charge in [0.1, 0.15) is 22.6 Å². The molecule has 54 heavy (non-hydrogen) atoms. The van der Waals surface area contributed by atoms with Crippen LogP contribution in [0.4, 0.5) is 16.2 Å². The molecule has 5 aromatic rings. The highest BCUT2D eigenvalue weighted by Gasteiger charge is 2.35. The number of pyridine rings is 1. The van der Waals surface area contributed by atoms with Crippen LogP contribution in [0.2, 0.25) is 0 Å². The average molecular weight is 755 g/mol. The number of amides is 1. The number of carbonyl (C=O) groups is 1. The molecule has 0 bridgehead atoms. The van der Waals surface area contributed by atoms with Crippen LogP contribution in [0.5, 0.6) is 11.5 Å². The highest BCUT2D eigenvalue weighted by molar-refractivity contribution is 7.90. The molecular weight excluding hydrogens is 713 g/mol. The predicted molar refractivity (Wildman–Crippen MR) is 205 cm³/mol. The first-order valence-electron chi connectivity index (χ1n) is 17.7. The SMILES string of the molecule is Cc1ccc(S(=O)(=O)n2ccc3c(-c4cc([N+](=O)[O-])ccc4Oc4cccc(N5CC(N6CCN(C(=O)OC(C)(C)C)CC6)C5)c4)cn(C)c(=O)c32)cc1. The molecule has 2 saturated heterocycles. The van der Waals surface area contributed by atoms with Crippen molar-refractivity contribution >= 4 is 38.4 Å². The lowest BCUT2D eigenvalue weighted by molar-refractivity contribution is -0.384. The van der Waals surface area contributed by atoms with Gasteiger partial charge in [0.05, 0.1) is 9.82 Å². The van der Waals surface area contributed by atoms with Crippen LogP contribution in [0.3, 0.4) is 0 Å². The van der Waals surface area contributed by atoms with Gasteiger partial charge in [0.15, 0.2) is 0 Å². The number of nitro benzene ring substituents is 1. The van der Waals surface area contributed by atoms with Gasteiger partial charge in [-0.05, 0) is 64.1 Å².